The van der Waals surface area contributed by atoms with E-state index in [1.54, 1.807) is 18.4 Å². The number of amides is 1. The predicted molar refractivity (Wildman–Crippen MR) is 68.4 cm³/mol. The van der Waals surface area contributed by atoms with Crippen molar-refractivity contribution in [3.8, 4) is 0 Å². The van der Waals surface area contributed by atoms with Gasteiger partial charge in [-0.2, -0.15) is 0 Å². The summed E-state index contributed by atoms with van der Waals surface area (Å²) in [7, 11) is 0. The predicted octanol–water partition coefficient (Wildman–Crippen LogP) is 1.88. The van der Waals surface area contributed by atoms with Crippen molar-refractivity contribution in [2.45, 2.75) is 31.7 Å². The second-order valence-electron chi connectivity index (χ2n) is 5.31. The Kier molecular flexibility index (Phi) is 3.37. The molecule has 1 aromatic rings. The molecule has 1 unspecified atom stereocenters. The van der Waals surface area contributed by atoms with Gasteiger partial charge in [-0.25, -0.2) is 0 Å². The maximum atomic E-state index is 12.1. The van der Waals surface area contributed by atoms with Gasteiger partial charge in [-0.1, -0.05) is 0 Å². The van der Waals surface area contributed by atoms with Crippen LogP contribution in [0.3, 0.4) is 0 Å². The van der Waals surface area contributed by atoms with Crippen LogP contribution in [-0.2, 0) is 0 Å². The fourth-order valence-corrected chi connectivity index (χ4v) is 3.17. The molecule has 3 rings (SSSR count). The number of carbonyl (C=O) groups excluding carboxylic acids is 1. The van der Waals surface area contributed by atoms with E-state index >= 15 is 0 Å². The van der Waals surface area contributed by atoms with Gasteiger partial charge >= 0.3 is 0 Å². The van der Waals surface area contributed by atoms with Gasteiger partial charge in [0.1, 0.15) is 0 Å². The Bertz CT molecular complexity index is 388. The summed E-state index contributed by atoms with van der Waals surface area (Å²) >= 11 is 0. The highest BCUT2D eigenvalue weighted by molar-refractivity contribution is 5.91. The van der Waals surface area contributed by atoms with Crippen molar-refractivity contribution in [1.29, 1.82) is 0 Å². The third-order valence-corrected chi connectivity index (χ3v) is 4.23. The number of hydrogen-bond donors (Lipinski definition) is 1. The van der Waals surface area contributed by atoms with Crippen LogP contribution in [0.2, 0.25) is 0 Å². The van der Waals surface area contributed by atoms with Crippen LogP contribution >= 0.6 is 0 Å². The molecule has 0 radical (unpaired) electrons. The lowest BCUT2D eigenvalue weighted by atomic mass is 9.88. The van der Waals surface area contributed by atoms with Crippen molar-refractivity contribution in [3.05, 3.63) is 24.2 Å². The van der Waals surface area contributed by atoms with E-state index in [9.17, 15) is 4.79 Å². The molecule has 98 valence electrons. The second-order valence-corrected chi connectivity index (χ2v) is 5.31. The number of nitrogens with zero attached hydrogens (tertiary/aromatic N) is 1. The minimum absolute atomic E-state index is 0.0397. The van der Waals surface area contributed by atoms with Gasteiger partial charge < -0.3 is 14.6 Å². The zero-order chi connectivity index (χ0) is 12.4. The fraction of sp³-hybridized carbons (Fsp3) is 0.643. The molecule has 4 heteroatoms. The van der Waals surface area contributed by atoms with Gasteiger partial charge in [-0.15, -0.1) is 0 Å². The Morgan fingerprint density at radius 3 is 2.78 bits per heavy atom. The van der Waals surface area contributed by atoms with Gasteiger partial charge in [0, 0.05) is 19.1 Å². The molecule has 1 amide bonds. The Labute approximate surface area is 107 Å². The number of furan rings is 1. The topological polar surface area (TPSA) is 45.5 Å². The molecule has 0 aliphatic carbocycles. The van der Waals surface area contributed by atoms with Crippen LogP contribution in [0.5, 0.6) is 0 Å². The van der Waals surface area contributed by atoms with Gasteiger partial charge in [0.25, 0.3) is 5.91 Å². The molecule has 4 nitrogen and oxygen atoms in total. The molecule has 1 aromatic heterocycles. The first-order valence-corrected chi connectivity index (χ1v) is 6.91. The van der Waals surface area contributed by atoms with Gasteiger partial charge in [0.2, 0.25) is 0 Å². The van der Waals surface area contributed by atoms with E-state index in [4.69, 9.17) is 4.42 Å². The van der Waals surface area contributed by atoms with E-state index in [1.165, 1.54) is 12.8 Å². The number of rotatable bonds is 2. The maximum absolute atomic E-state index is 12.1. The second kappa shape index (κ2) is 5.14. The minimum atomic E-state index is 0.0397. The number of nitrogens with one attached hydrogen (secondary N) is 1. The van der Waals surface area contributed by atoms with Crippen molar-refractivity contribution in [1.82, 2.24) is 10.2 Å². The smallest absolute Gasteiger partial charge is 0.289 e. The largest absolute Gasteiger partial charge is 0.459 e. The molecule has 0 aromatic carbocycles. The van der Waals surface area contributed by atoms with Crippen LogP contribution in [-0.4, -0.2) is 36.5 Å². The zero-order valence-electron chi connectivity index (χ0n) is 10.6. The fourth-order valence-electron chi connectivity index (χ4n) is 3.17. The average Bonchev–Trinajstić information content (AvgIpc) is 3.11. The number of carbonyl (C=O) groups is 1. The molecular weight excluding hydrogens is 228 g/mol. The molecule has 0 saturated carbocycles. The number of likely N-dealkylation sites (tertiary alicyclic amines) is 1. The lowest BCUT2D eigenvalue weighted by molar-refractivity contribution is 0.0642. The molecule has 3 heterocycles. The van der Waals surface area contributed by atoms with Crippen LogP contribution < -0.4 is 5.32 Å². The van der Waals surface area contributed by atoms with Crippen LogP contribution in [0, 0.1) is 5.92 Å². The molecule has 1 N–H and O–H groups in total. The SMILES string of the molecule is O=C(c1ccco1)N1CCC(C2CCCN2)CC1. The Morgan fingerprint density at radius 1 is 1.33 bits per heavy atom. The van der Waals surface area contributed by atoms with E-state index in [0.717, 1.165) is 38.4 Å². The van der Waals surface area contributed by atoms with Crippen LogP contribution in [0.15, 0.2) is 22.8 Å². The van der Waals surface area contributed by atoms with Crippen LogP contribution in [0.4, 0.5) is 0 Å². The van der Waals surface area contributed by atoms with Crippen molar-refractivity contribution < 1.29 is 9.21 Å². The monoisotopic (exact) mass is 248 g/mol. The van der Waals surface area contributed by atoms with E-state index in [1.807, 2.05) is 4.90 Å². The van der Waals surface area contributed by atoms with E-state index in [2.05, 4.69) is 5.32 Å². The first-order valence-electron chi connectivity index (χ1n) is 6.91. The molecular formula is C14H20N2O2. The summed E-state index contributed by atoms with van der Waals surface area (Å²) < 4.78 is 5.17. The summed E-state index contributed by atoms with van der Waals surface area (Å²) in [6.45, 7) is 2.89. The van der Waals surface area contributed by atoms with E-state index in [0.29, 0.717) is 11.8 Å². The van der Waals surface area contributed by atoms with Gasteiger partial charge in [0.15, 0.2) is 5.76 Å². The van der Waals surface area contributed by atoms with Crippen LogP contribution in [0.1, 0.15) is 36.2 Å². The molecule has 1 atom stereocenters. The zero-order valence-corrected chi connectivity index (χ0v) is 10.6. The molecule has 18 heavy (non-hydrogen) atoms. The first-order chi connectivity index (χ1) is 8.84. The molecule has 0 bridgehead atoms. The van der Waals surface area contributed by atoms with Crippen molar-refractivity contribution in [3.63, 3.8) is 0 Å². The highest BCUT2D eigenvalue weighted by Crippen LogP contribution is 2.26. The normalized spacial score (nSPS) is 25.6. The highest BCUT2D eigenvalue weighted by Gasteiger charge is 2.30. The summed E-state index contributed by atoms with van der Waals surface area (Å²) in [6.07, 6.45) is 6.39. The van der Waals surface area contributed by atoms with Crippen LogP contribution in [0.25, 0.3) is 0 Å². The molecule has 0 spiro atoms. The van der Waals surface area contributed by atoms with E-state index < -0.39 is 0 Å². The lowest BCUT2D eigenvalue weighted by Crippen LogP contribution is -2.43. The van der Waals surface area contributed by atoms with Gasteiger partial charge in [0.05, 0.1) is 6.26 Å². The molecule has 2 aliphatic heterocycles. The third-order valence-electron chi connectivity index (χ3n) is 4.23. The number of piperidine rings is 1. The van der Waals surface area contributed by atoms with Gasteiger partial charge in [-0.3, -0.25) is 4.79 Å². The van der Waals surface area contributed by atoms with Crippen molar-refractivity contribution >= 4 is 5.91 Å². The Morgan fingerprint density at radius 2 is 2.17 bits per heavy atom. The minimum Gasteiger partial charge on any atom is -0.459 e. The quantitative estimate of drug-likeness (QED) is 0.869. The Balaban J connectivity index is 1.55. The molecule has 2 fully saturated rings. The van der Waals surface area contributed by atoms with Gasteiger partial charge in [-0.05, 0) is 50.3 Å². The lowest BCUT2D eigenvalue weighted by Gasteiger charge is -2.34. The number of hydrogen-bond acceptors (Lipinski definition) is 3. The average molecular weight is 248 g/mol. The first kappa shape index (κ1) is 11.8. The standard InChI is InChI=1S/C14H20N2O2/c17-14(13-4-2-10-18-13)16-8-5-11(6-9-16)12-3-1-7-15-12/h2,4,10-12,15H,1,3,5-9H2. The molecule has 2 saturated heterocycles. The third kappa shape index (κ3) is 2.29. The summed E-state index contributed by atoms with van der Waals surface area (Å²) in [5.74, 6) is 1.25. The van der Waals surface area contributed by atoms with Crippen molar-refractivity contribution in [2.24, 2.45) is 5.92 Å². The molecule has 2 aliphatic rings. The summed E-state index contributed by atoms with van der Waals surface area (Å²) in [6, 6.07) is 4.20. The Hall–Kier alpha value is -1.29. The van der Waals surface area contributed by atoms with E-state index in [-0.39, 0.29) is 5.91 Å². The highest BCUT2D eigenvalue weighted by atomic mass is 16.3. The van der Waals surface area contributed by atoms with Crippen molar-refractivity contribution in [2.75, 3.05) is 19.6 Å². The summed E-state index contributed by atoms with van der Waals surface area (Å²) in [5.41, 5.74) is 0. The maximum Gasteiger partial charge on any atom is 0.289 e. The summed E-state index contributed by atoms with van der Waals surface area (Å²) in [5, 5.41) is 3.58. The summed E-state index contributed by atoms with van der Waals surface area (Å²) in [4.78, 5) is 14.0.